The zero-order valence-electron chi connectivity index (χ0n) is 23.2. The highest BCUT2D eigenvalue weighted by Gasteiger charge is 2.46. The molecule has 2 saturated heterocycles. The van der Waals surface area contributed by atoms with E-state index in [1.54, 1.807) is 4.90 Å². The van der Waals surface area contributed by atoms with E-state index in [0.717, 1.165) is 30.6 Å². The molecular formula is C28H26ClF6N5O5. The van der Waals surface area contributed by atoms with E-state index >= 15 is 0 Å². The van der Waals surface area contributed by atoms with Crippen LogP contribution in [0.2, 0.25) is 5.02 Å². The fourth-order valence-corrected chi connectivity index (χ4v) is 6.07. The van der Waals surface area contributed by atoms with Gasteiger partial charge in [0.05, 0.1) is 17.7 Å². The van der Waals surface area contributed by atoms with Crippen LogP contribution in [0.1, 0.15) is 34.6 Å². The van der Waals surface area contributed by atoms with Crippen LogP contribution in [0.25, 0.3) is 10.9 Å². The molecule has 3 aromatic rings. The number of hydrogen-bond donors (Lipinski definition) is 3. The van der Waals surface area contributed by atoms with Gasteiger partial charge in [0.1, 0.15) is 17.2 Å². The number of nitrogens with two attached hydrogens (primary N) is 1. The predicted molar refractivity (Wildman–Crippen MR) is 148 cm³/mol. The number of primary amides is 1. The van der Waals surface area contributed by atoms with Crippen molar-refractivity contribution in [2.75, 3.05) is 31.1 Å². The van der Waals surface area contributed by atoms with E-state index in [1.807, 2.05) is 18.2 Å². The van der Waals surface area contributed by atoms with Crippen LogP contribution in [0.4, 0.5) is 32.2 Å². The van der Waals surface area contributed by atoms with E-state index in [-0.39, 0.29) is 47.0 Å². The lowest BCUT2D eigenvalue weighted by Crippen LogP contribution is -2.53. The highest BCUT2D eigenvalue weighted by molar-refractivity contribution is 6.30. The number of piperidine rings is 1. The lowest BCUT2D eigenvalue weighted by molar-refractivity contribution is -0.192. The SMILES string of the molecule is NC(=O)c1ccc2nc(C(F)(F)F)nc(N3CC(N4CCC5(CC4)Cc4cc(Cl)ccc4O5)[C@H](O)C3)c2c1.O=C(O)C(F)(F)F. The molecule has 3 aliphatic heterocycles. The van der Waals surface area contributed by atoms with Crippen LogP contribution in [-0.2, 0) is 17.4 Å². The summed E-state index contributed by atoms with van der Waals surface area (Å²) in [4.78, 5) is 31.9. The lowest BCUT2D eigenvalue weighted by atomic mass is 9.86. The lowest BCUT2D eigenvalue weighted by Gasteiger charge is -2.41. The van der Waals surface area contributed by atoms with Crippen LogP contribution in [0.5, 0.6) is 5.75 Å². The van der Waals surface area contributed by atoms with Crippen molar-refractivity contribution in [3.05, 3.63) is 58.4 Å². The summed E-state index contributed by atoms with van der Waals surface area (Å²) in [5.41, 5.74) is 6.35. The van der Waals surface area contributed by atoms with Gasteiger partial charge in [0, 0.05) is 61.4 Å². The second-order valence-electron chi connectivity index (χ2n) is 11.1. The van der Waals surface area contributed by atoms with Gasteiger partial charge in [0.2, 0.25) is 11.7 Å². The Bertz CT molecular complexity index is 1630. The molecule has 3 aliphatic rings. The molecule has 2 fully saturated rings. The normalized spacial score (nSPS) is 21.3. The Morgan fingerprint density at radius 2 is 1.69 bits per heavy atom. The number of aromatic nitrogens is 2. The molecule has 45 heavy (non-hydrogen) atoms. The van der Waals surface area contributed by atoms with Crippen molar-refractivity contribution in [2.45, 2.75) is 49.4 Å². The Morgan fingerprint density at radius 1 is 1.02 bits per heavy atom. The van der Waals surface area contributed by atoms with Crippen molar-refractivity contribution < 1.29 is 50.9 Å². The number of amides is 1. The van der Waals surface area contributed by atoms with Gasteiger partial charge in [-0.25, -0.2) is 14.8 Å². The number of aliphatic hydroxyl groups excluding tert-OH is 1. The van der Waals surface area contributed by atoms with Crippen molar-refractivity contribution in [2.24, 2.45) is 5.73 Å². The number of aliphatic hydroxyl groups is 1. The summed E-state index contributed by atoms with van der Waals surface area (Å²) in [6, 6.07) is 9.40. The molecule has 1 unspecified atom stereocenters. The van der Waals surface area contributed by atoms with Gasteiger partial charge in [-0.15, -0.1) is 0 Å². The number of hydrogen-bond acceptors (Lipinski definition) is 8. The molecule has 1 amide bonds. The maximum atomic E-state index is 13.6. The minimum Gasteiger partial charge on any atom is -0.487 e. The smallest absolute Gasteiger partial charge is 0.487 e. The number of carbonyl (C=O) groups excluding carboxylic acids is 1. The van der Waals surface area contributed by atoms with Gasteiger partial charge in [0.25, 0.3) is 0 Å². The molecule has 0 radical (unpaired) electrons. The number of likely N-dealkylation sites (tertiary alicyclic amines) is 1. The van der Waals surface area contributed by atoms with Crippen molar-refractivity contribution in [1.82, 2.24) is 14.9 Å². The number of benzene rings is 2. The minimum absolute atomic E-state index is 0.0203. The number of fused-ring (bicyclic) bond motifs is 2. The predicted octanol–water partition coefficient (Wildman–Crippen LogP) is 4.05. The molecule has 0 saturated carbocycles. The van der Waals surface area contributed by atoms with Gasteiger partial charge < -0.3 is 25.6 Å². The third kappa shape index (κ3) is 6.87. The highest BCUT2D eigenvalue weighted by atomic mass is 35.5. The Kier molecular flexibility index (Phi) is 8.52. The number of anilines is 1. The summed E-state index contributed by atoms with van der Waals surface area (Å²) in [7, 11) is 0. The summed E-state index contributed by atoms with van der Waals surface area (Å²) in [5.74, 6) is -3.87. The van der Waals surface area contributed by atoms with E-state index in [9.17, 15) is 36.2 Å². The first-order valence-corrected chi connectivity index (χ1v) is 14.0. The number of rotatable bonds is 3. The second-order valence-corrected chi connectivity index (χ2v) is 11.5. The number of halogens is 7. The minimum atomic E-state index is -5.08. The molecule has 10 nitrogen and oxygen atoms in total. The Hall–Kier alpha value is -3.89. The summed E-state index contributed by atoms with van der Waals surface area (Å²) < 4.78 is 78.9. The maximum absolute atomic E-state index is 13.6. The van der Waals surface area contributed by atoms with E-state index in [2.05, 4.69) is 14.9 Å². The van der Waals surface area contributed by atoms with Crippen LogP contribution in [0.3, 0.4) is 0 Å². The molecular weight excluding hydrogens is 636 g/mol. The maximum Gasteiger partial charge on any atom is 0.490 e. The Labute approximate surface area is 256 Å². The number of aliphatic carboxylic acids is 1. The number of β-amino-alcohol motifs (C(OH)–C–C–N with tert-alkyl or cyclic N) is 1. The largest absolute Gasteiger partial charge is 0.490 e. The standard InChI is InChI=1S/C26H25ClF3N5O3.C2HF3O2/c27-16-2-4-21-15(9-16)11-25(38-21)5-7-34(8-6-25)19-12-35(13-20(19)36)23-17-10-14(22(31)37)1-3-18(17)32-24(33-23)26(28,29)30;3-2(4,5)1(6)7/h1-4,9-10,19-20,36H,5-8,11-13H2,(H2,31,37);(H,6,7)/t19?,20-;/m1./s1. The monoisotopic (exact) mass is 661 g/mol. The van der Waals surface area contributed by atoms with Gasteiger partial charge in [0.15, 0.2) is 0 Å². The van der Waals surface area contributed by atoms with E-state index in [1.165, 1.54) is 18.2 Å². The molecule has 1 aromatic heterocycles. The first-order chi connectivity index (χ1) is 21.0. The zero-order chi connectivity index (χ0) is 32.9. The quantitative estimate of drug-likeness (QED) is 0.355. The Balaban J connectivity index is 0.000000515. The van der Waals surface area contributed by atoms with Gasteiger partial charge >= 0.3 is 18.3 Å². The number of ether oxygens (including phenoxy) is 1. The van der Waals surface area contributed by atoms with E-state index < -0.39 is 36.2 Å². The molecule has 17 heteroatoms. The van der Waals surface area contributed by atoms with Gasteiger partial charge in [-0.05, 0) is 42.0 Å². The van der Waals surface area contributed by atoms with Crippen LogP contribution < -0.4 is 15.4 Å². The zero-order valence-corrected chi connectivity index (χ0v) is 24.0. The third-order valence-electron chi connectivity index (χ3n) is 8.05. The molecule has 4 N–H and O–H groups in total. The van der Waals surface area contributed by atoms with Crippen LogP contribution in [0.15, 0.2) is 36.4 Å². The number of carboxylic acids is 1. The van der Waals surface area contributed by atoms with Gasteiger partial charge in [-0.3, -0.25) is 9.69 Å². The molecule has 0 aliphatic carbocycles. The average Bonchev–Trinajstić information content (AvgIpc) is 3.51. The molecule has 0 bridgehead atoms. The van der Waals surface area contributed by atoms with Gasteiger partial charge in [-0.1, -0.05) is 11.6 Å². The second kappa shape index (κ2) is 11.8. The summed E-state index contributed by atoms with van der Waals surface area (Å²) >= 11 is 6.14. The van der Waals surface area contributed by atoms with Crippen molar-refractivity contribution in [3.63, 3.8) is 0 Å². The fourth-order valence-electron chi connectivity index (χ4n) is 5.88. The Morgan fingerprint density at radius 3 is 2.29 bits per heavy atom. The van der Waals surface area contributed by atoms with Gasteiger partial charge in [-0.2, -0.15) is 26.3 Å². The van der Waals surface area contributed by atoms with Crippen LogP contribution in [0, 0.1) is 0 Å². The molecule has 2 aromatic carbocycles. The molecule has 4 heterocycles. The summed E-state index contributed by atoms with van der Waals surface area (Å²) in [5, 5.41) is 19.0. The summed E-state index contributed by atoms with van der Waals surface area (Å²) in [6.07, 6.45) is -8.37. The first kappa shape index (κ1) is 32.5. The van der Waals surface area contributed by atoms with Crippen LogP contribution in [-0.4, -0.2) is 87.1 Å². The number of carbonyl (C=O) groups is 2. The van der Waals surface area contributed by atoms with E-state index in [4.69, 9.17) is 32.0 Å². The highest BCUT2D eigenvalue weighted by Crippen LogP contribution is 2.43. The molecule has 1 spiro atoms. The third-order valence-corrected chi connectivity index (χ3v) is 8.29. The summed E-state index contributed by atoms with van der Waals surface area (Å²) in [6.45, 7) is 1.70. The van der Waals surface area contributed by atoms with Crippen LogP contribution >= 0.6 is 11.6 Å². The average molecular weight is 662 g/mol. The molecule has 242 valence electrons. The molecule has 2 atom stereocenters. The topological polar surface area (TPSA) is 142 Å². The molecule has 6 rings (SSSR count). The van der Waals surface area contributed by atoms with Crippen molar-refractivity contribution in [1.29, 1.82) is 0 Å². The number of carboxylic acid groups (broad SMARTS) is 1. The van der Waals surface area contributed by atoms with E-state index in [0.29, 0.717) is 18.1 Å². The van der Waals surface area contributed by atoms with Crippen molar-refractivity contribution >= 4 is 40.2 Å². The number of nitrogens with zero attached hydrogens (tertiary/aromatic N) is 4. The first-order valence-electron chi connectivity index (χ1n) is 13.6. The fraction of sp³-hybridized carbons (Fsp3) is 0.429. The number of alkyl halides is 6. The van der Waals surface area contributed by atoms with Crippen molar-refractivity contribution in [3.8, 4) is 5.75 Å².